The zero-order chi connectivity index (χ0) is 19.4. The highest BCUT2D eigenvalue weighted by molar-refractivity contribution is 8.00. The van der Waals surface area contributed by atoms with Gasteiger partial charge < -0.3 is 9.88 Å². The average molecular weight is 377 g/mol. The number of hydrogen-bond donors (Lipinski definition) is 1. The summed E-state index contributed by atoms with van der Waals surface area (Å²) in [5.41, 5.74) is 3.36. The van der Waals surface area contributed by atoms with Gasteiger partial charge >= 0.3 is 0 Å². The molecular weight excluding hydrogens is 358 g/mol. The minimum absolute atomic E-state index is 0.134. The summed E-state index contributed by atoms with van der Waals surface area (Å²) in [4.78, 5) is 12.5. The van der Waals surface area contributed by atoms with Crippen LogP contribution in [0.5, 0.6) is 0 Å². The second-order valence-electron chi connectivity index (χ2n) is 6.12. The molecule has 0 radical (unpaired) electrons. The van der Waals surface area contributed by atoms with E-state index in [1.54, 1.807) is 24.3 Å². The average Bonchev–Trinajstić information content (AvgIpc) is 3.03. The lowest BCUT2D eigenvalue weighted by molar-refractivity contribution is -0.115. The third kappa shape index (κ3) is 4.18. The van der Waals surface area contributed by atoms with E-state index in [1.165, 1.54) is 11.8 Å². The molecule has 6 nitrogen and oxygen atoms in total. The molecule has 1 amide bonds. The van der Waals surface area contributed by atoms with Crippen LogP contribution in [-0.2, 0) is 11.8 Å². The van der Waals surface area contributed by atoms with Gasteiger partial charge in [0.25, 0.3) is 0 Å². The minimum Gasteiger partial charge on any atom is -0.325 e. The number of anilines is 1. The first kappa shape index (κ1) is 18.7. The van der Waals surface area contributed by atoms with E-state index in [2.05, 4.69) is 21.6 Å². The summed E-state index contributed by atoms with van der Waals surface area (Å²) in [7, 11) is 1.90. The molecule has 0 unspecified atom stereocenters. The summed E-state index contributed by atoms with van der Waals surface area (Å²) in [5.74, 6) is 0.639. The molecule has 2 aromatic carbocycles. The SMILES string of the molecule is Cc1ccccc1-c1nnc(S[C@H](C)C(=O)Nc2ccc(C#N)cc2)n1C. The van der Waals surface area contributed by atoms with Crippen molar-refractivity contribution >= 4 is 23.4 Å². The molecule has 136 valence electrons. The van der Waals surface area contributed by atoms with Gasteiger partial charge in [-0.25, -0.2) is 0 Å². The van der Waals surface area contributed by atoms with Crippen LogP contribution < -0.4 is 5.32 Å². The van der Waals surface area contributed by atoms with Gasteiger partial charge in [0.05, 0.1) is 16.9 Å². The molecule has 0 saturated heterocycles. The third-order valence-electron chi connectivity index (χ3n) is 4.15. The number of thioether (sulfide) groups is 1. The number of nitriles is 1. The monoisotopic (exact) mass is 377 g/mol. The molecule has 0 aliphatic rings. The van der Waals surface area contributed by atoms with Crippen LogP contribution in [0.15, 0.2) is 53.7 Å². The van der Waals surface area contributed by atoms with E-state index in [1.807, 2.05) is 49.7 Å². The molecule has 1 aromatic heterocycles. The fraction of sp³-hybridized carbons (Fsp3) is 0.200. The number of carbonyl (C=O) groups is 1. The van der Waals surface area contributed by atoms with Gasteiger partial charge in [-0.05, 0) is 43.7 Å². The molecule has 1 N–H and O–H groups in total. The van der Waals surface area contributed by atoms with Crippen molar-refractivity contribution in [1.82, 2.24) is 14.8 Å². The van der Waals surface area contributed by atoms with Crippen LogP contribution in [0, 0.1) is 18.3 Å². The van der Waals surface area contributed by atoms with Crippen molar-refractivity contribution < 1.29 is 4.79 Å². The maximum absolute atomic E-state index is 12.5. The van der Waals surface area contributed by atoms with Gasteiger partial charge in [-0.1, -0.05) is 36.0 Å². The number of amides is 1. The number of hydrogen-bond acceptors (Lipinski definition) is 5. The maximum atomic E-state index is 12.5. The lowest BCUT2D eigenvalue weighted by atomic mass is 10.1. The molecular formula is C20H19N5OS. The number of aromatic nitrogens is 3. The Morgan fingerprint density at radius 2 is 1.89 bits per heavy atom. The molecule has 3 rings (SSSR count). The molecule has 27 heavy (non-hydrogen) atoms. The van der Waals surface area contributed by atoms with Gasteiger partial charge in [0, 0.05) is 18.3 Å². The Labute approximate surface area is 162 Å². The molecule has 0 saturated carbocycles. The first-order valence-electron chi connectivity index (χ1n) is 8.42. The first-order chi connectivity index (χ1) is 13.0. The van der Waals surface area contributed by atoms with E-state index in [0.29, 0.717) is 16.4 Å². The van der Waals surface area contributed by atoms with E-state index in [-0.39, 0.29) is 11.2 Å². The predicted octanol–water partition coefficient (Wildman–Crippen LogP) is 3.78. The fourth-order valence-corrected chi connectivity index (χ4v) is 3.37. The number of carbonyl (C=O) groups excluding carboxylic acids is 1. The molecule has 1 heterocycles. The largest absolute Gasteiger partial charge is 0.325 e. The molecule has 0 bridgehead atoms. The van der Waals surface area contributed by atoms with Gasteiger partial charge in [0.2, 0.25) is 5.91 Å². The van der Waals surface area contributed by atoms with Gasteiger partial charge in [-0.3, -0.25) is 4.79 Å². The Hall–Kier alpha value is -3.11. The smallest absolute Gasteiger partial charge is 0.237 e. The lowest BCUT2D eigenvalue weighted by Gasteiger charge is -2.12. The van der Waals surface area contributed by atoms with Crippen LogP contribution >= 0.6 is 11.8 Å². The topological polar surface area (TPSA) is 83.6 Å². The number of nitrogens with zero attached hydrogens (tertiary/aromatic N) is 4. The third-order valence-corrected chi connectivity index (χ3v) is 5.29. The van der Waals surface area contributed by atoms with Crippen LogP contribution in [0.4, 0.5) is 5.69 Å². The van der Waals surface area contributed by atoms with Crippen molar-refractivity contribution in [2.24, 2.45) is 7.05 Å². The normalized spacial score (nSPS) is 11.6. The second kappa shape index (κ2) is 8.06. The molecule has 0 aliphatic heterocycles. The molecule has 1 atom stereocenters. The molecule has 0 fully saturated rings. The summed E-state index contributed by atoms with van der Waals surface area (Å²) in [6, 6.07) is 16.8. The van der Waals surface area contributed by atoms with Crippen molar-refractivity contribution in [3.05, 3.63) is 59.7 Å². The molecule has 0 spiro atoms. The van der Waals surface area contributed by atoms with Crippen molar-refractivity contribution in [1.29, 1.82) is 5.26 Å². The zero-order valence-electron chi connectivity index (χ0n) is 15.3. The van der Waals surface area contributed by atoms with E-state index < -0.39 is 0 Å². The minimum atomic E-state index is -0.353. The Bertz CT molecular complexity index is 1000. The summed E-state index contributed by atoms with van der Waals surface area (Å²) < 4.78 is 1.90. The maximum Gasteiger partial charge on any atom is 0.237 e. The number of benzene rings is 2. The molecule has 0 aliphatic carbocycles. The Morgan fingerprint density at radius 1 is 1.19 bits per heavy atom. The highest BCUT2D eigenvalue weighted by Crippen LogP contribution is 2.27. The molecule has 3 aromatic rings. The van der Waals surface area contributed by atoms with Gasteiger partial charge in [0.15, 0.2) is 11.0 Å². The van der Waals surface area contributed by atoms with Crippen LogP contribution in [0.2, 0.25) is 0 Å². The van der Waals surface area contributed by atoms with E-state index in [0.717, 1.165) is 17.0 Å². The quantitative estimate of drug-likeness (QED) is 0.684. The summed E-state index contributed by atoms with van der Waals surface area (Å²) in [6.45, 7) is 3.86. The zero-order valence-corrected chi connectivity index (χ0v) is 16.1. The second-order valence-corrected chi connectivity index (χ2v) is 7.43. The highest BCUT2D eigenvalue weighted by atomic mass is 32.2. The number of nitrogens with one attached hydrogen (secondary N) is 1. The van der Waals surface area contributed by atoms with E-state index in [9.17, 15) is 4.79 Å². The highest BCUT2D eigenvalue weighted by Gasteiger charge is 2.20. The van der Waals surface area contributed by atoms with Crippen molar-refractivity contribution in [3.8, 4) is 17.5 Å². The summed E-state index contributed by atoms with van der Waals surface area (Å²) >= 11 is 1.35. The van der Waals surface area contributed by atoms with Gasteiger partial charge in [0.1, 0.15) is 0 Å². The van der Waals surface area contributed by atoms with E-state index in [4.69, 9.17) is 5.26 Å². The number of rotatable bonds is 5. The predicted molar refractivity (Wildman–Crippen MR) is 106 cm³/mol. The van der Waals surface area contributed by atoms with Gasteiger partial charge in [-0.15, -0.1) is 10.2 Å². The van der Waals surface area contributed by atoms with Crippen LogP contribution in [-0.4, -0.2) is 25.9 Å². The van der Waals surface area contributed by atoms with Crippen molar-refractivity contribution in [2.75, 3.05) is 5.32 Å². The van der Waals surface area contributed by atoms with Crippen molar-refractivity contribution in [2.45, 2.75) is 24.3 Å². The lowest BCUT2D eigenvalue weighted by Crippen LogP contribution is -2.22. The Morgan fingerprint density at radius 3 is 2.56 bits per heavy atom. The standard InChI is InChI=1S/C20H19N5OS/c1-13-6-4-5-7-17(13)18-23-24-20(25(18)3)27-14(2)19(26)22-16-10-8-15(12-21)9-11-16/h4-11,14H,1-3H3,(H,22,26)/t14-/m1/s1. The van der Waals surface area contributed by atoms with Crippen LogP contribution in [0.25, 0.3) is 11.4 Å². The number of aryl methyl sites for hydroxylation is 1. The van der Waals surface area contributed by atoms with E-state index >= 15 is 0 Å². The van der Waals surface area contributed by atoms with Crippen molar-refractivity contribution in [3.63, 3.8) is 0 Å². The summed E-state index contributed by atoms with van der Waals surface area (Å²) in [6.07, 6.45) is 0. The fourth-order valence-electron chi connectivity index (χ4n) is 2.56. The molecule has 7 heteroatoms. The van der Waals surface area contributed by atoms with Crippen LogP contribution in [0.3, 0.4) is 0 Å². The van der Waals surface area contributed by atoms with Gasteiger partial charge in [-0.2, -0.15) is 5.26 Å². The Balaban J connectivity index is 1.70. The first-order valence-corrected chi connectivity index (χ1v) is 9.30. The Kier molecular flexibility index (Phi) is 5.57. The summed E-state index contributed by atoms with van der Waals surface area (Å²) in [5, 5.41) is 20.5. The van der Waals surface area contributed by atoms with Crippen LogP contribution in [0.1, 0.15) is 18.1 Å².